The molecular formula is C34H41N3O6. The number of fused-ring (bicyclic) bond motifs is 1. The lowest BCUT2D eigenvalue weighted by molar-refractivity contribution is -0.144. The van der Waals surface area contributed by atoms with E-state index in [-0.39, 0.29) is 25.0 Å². The Morgan fingerprint density at radius 1 is 0.791 bits per heavy atom. The Hall–Kier alpha value is -4.34. The predicted octanol–water partition coefficient (Wildman–Crippen LogP) is 4.84. The van der Waals surface area contributed by atoms with Gasteiger partial charge in [-0.3, -0.25) is 9.59 Å². The highest BCUT2D eigenvalue weighted by atomic mass is 16.5. The zero-order valence-electron chi connectivity index (χ0n) is 25.2. The molecule has 1 N–H and O–H groups in total. The van der Waals surface area contributed by atoms with Crippen molar-refractivity contribution >= 4 is 22.7 Å². The topological polar surface area (TPSA) is 93.3 Å². The van der Waals surface area contributed by atoms with Crippen molar-refractivity contribution in [2.75, 3.05) is 54.2 Å². The summed E-state index contributed by atoms with van der Waals surface area (Å²) in [5, 5.41) is 1.13. The number of hydrogen-bond donors (Lipinski definition) is 1. The third-order valence-corrected chi connectivity index (χ3v) is 7.29. The van der Waals surface area contributed by atoms with Crippen LogP contribution in [0.5, 0.6) is 11.5 Å². The van der Waals surface area contributed by atoms with E-state index in [1.54, 1.807) is 31.1 Å². The fraction of sp³-hybridized carbons (Fsp3) is 0.353. The second kappa shape index (κ2) is 16.3. The third kappa shape index (κ3) is 9.07. The van der Waals surface area contributed by atoms with Crippen molar-refractivity contribution in [3.8, 4) is 11.5 Å². The van der Waals surface area contributed by atoms with Crippen molar-refractivity contribution in [3.63, 3.8) is 0 Å². The van der Waals surface area contributed by atoms with Gasteiger partial charge >= 0.3 is 0 Å². The van der Waals surface area contributed by atoms with E-state index in [9.17, 15) is 9.59 Å². The van der Waals surface area contributed by atoms with Crippen LogP contribution in [0.25, 0.3) is 10.9 Å². The van der Waals surface area contributed by atoms with E-state index >= 15 is 0 Å². The molecule has 0 atom stereocenters. The second-order valence-electron chi connectivity index (χ2n) is 10.3. The van der Waals surface area contributed by atoms with Crippen LogP contribution in [0, 0.1) is 0 Å². The molecule has 9 nitrogen and oxygen atoms in total. The second-order valence-corrected chi connectivity index (χ2v) is 10.3. The monoisotopic (exact) mass is 587 g/mol. The lowest BCUT2D eigenvalue weighted by Gasteiger charge is -2.28. The Bertz CT molecular complexity index is 1460. The molecule has 0 unspecified atom stereocenters. The van der Waals surface area contributed by atoms with E-state index in [0.29, 0.717) is 57.2 Å². The molecule has 0 fully saturated rings. The van der Waals surface area contributed by atoms with Crippen LogP contribution >= 0.6 is 0 Å². The standard InChI is InChI=1S/C34H41N3O6/c1-40-19-9-17-36(34(39)25-43-24-26-10-5-4-6-11-26)23-33(38)37(22-27-14-15-31(41-2)32(20-27)42-3)18-16-28-21-35-30-13-8-7-12-29(28)30/h4-8,10-15,20-21,35H,9,16-19,22-25H2,1-3H3. The predicted molar refractivity (Wildman–Crippen MR) is 166 cm³/mol. The minimum Gasteiger partial charge on any atom is -0.493 e. The maximum Gasteiger partial charge on any atom is 0.249 e. The van der Waals surface area contributed by atoms with Gasteiger partial charge in [0.05, 0.1) is 27.4 Å². The summed E-state index contributed by atoms with van der Waals surface area (Å²) >= 11 is 0. The van der Waals surface area contributed by atoms with Gasteiger partial charge in [-0.2, -0.15) is 0 Å². The van der Waals surface area contributed by atoms with E-state index in [2.05, 4.69) is 11.1 Å². The van der Waals surface area contributed by atoms with Crippen molar-refractivity contribution < 1.29 is 28.5 Å². The molecule has 228 valence electrons. The Morgan fingerprint density at radius 2 is 1.56 bits per heavy atom. The van der Waals surface area contributed by atoms with Crippen LogP contribution in [0.1, 0.15) is 23.1 Å². The molecule has 9 heteroatoms. The minimum atomic E-state index is -0.233. The van der Waals surface area contributed by atoms with Gasteiger partial charge in [0.15, 0.2) is 11.5 Å². The first-order valence-electron chi connectivity index (χ1n) is 14.4. The number of methoxy groups -OCH3 is 3. The van der Waals surface area contributed by atoms with Gasteiger partial charge in [0, 0.05) is 50.5 Å². The maximum absolute atomic E-state index is 13.9. The van der Waals surface area contributed by atoms with Crippen molar-refractivity contribution in [1.82, 2.24) is 14.8 Å². The zero-order chi connectivity index (χ0) is 30.4. The van der Waals surface area contributed by atoms with Gasteiger partial charge in [-0.15, -0.1) is 0 Å². The number of ether oxygens (including phenoxy) is 4. The summed E-state index contributed by atoms with van der Waals surface area (Å²) in [4.78, 5) is 33.8. The number of nitrogens with zero attached hydrogens (tertiary/aromatic N) is 2. The lowest BCUT2D eigenvalue weighted by atomic mass is 10.1. The summed E-state index contributed by atoms with van der Waals surface area (Å²) in [5.74, 6) is 0.829. The number of aromatic amines is 1. The van der Waals surface area contributed by atoms with Gasteiger partial charge in [-0.1, -0.05) is 54.6 Å². The van der Waals surface area contributed by atoms with Gasteiger partial charge in [0.1, 0.15) is 6.61 Å². The Morgan fingerprint density at radius 3 is 2.33 bits per heavy atom. The molecule has 0 saturated carbocycles. The first kappa shape index (κ1) is 31.6. The normalized spacial score (nSPS) is 11.0. The quantitative estimate of drug-likeness (QED) is 0.178. The van der Waals surface area contributed by atoms with Gasteiger partial charge in [0.2, 0.25) is 11.8 Å². The van der Waals surface area contributed by atoms with E-state index in [1.807, 2.05) is 72.9 Å². The first-order chi connectivity index (χ1) is 21.0. The summed E-state index contributed by atoms with van der Waals surface area (Å²) in [6.45, 7) is 1.85. The largest absolute Gasteiger partial charge is 0.493 e. The smallest absolute Gasteiger partial charge is 0.249 e. The fourth-order valence-electron chi connectivity index (χ4n) is 4.96. The lowest BCUT2D eigenvalue weighted by Crippen LogP contribution is -2.45. The molecule has 0 aliphatic rings. The number of amides is 2. The average Bonchev–Trinajstić information content (AvgIpc) is 3.45. The van der Waals surface area contributed by atoms with Gasteiger partial charge in [-0.25, -0.2) is 0 Å². The van der Waals surface area contributed by atoms with E-state index in [4.69, 9.17) is 18.9 Å². The van der Waals surface area contributed by atoms with Crippen molar-refractivity contribution in [3.05, 3.63) is 95.7 Å². The van der Waals surface area contributed by atoms with Crippen LogP contribution in [0.4, 0.5) is 0 Å². The molecule has 2 amide bonds. The molecule has 43 heavy (non-hydrogen) atoms. The molecule has 4 aromatic rings. The summed E-state index contributed by atoms with van der Waals surface area (Å²) in [6, 6.07) is 23.4. The molecule has 0 saturated heterocycles. The van der Waals surface area contributed by atoms with E-state index in [0.717, 1.165) is 27.6 Å². The number of rotatable bonds is 17. The summed E-state index contributed by atoms with van der Waals surface area (Å²) < 4.78 is 21.8. The Balaban J connectivity index is 1.49. The Kier molecular flexibility index (Phi) is 12.0. The van der Waals surface area contributed by atoms with Crippen molar-refractivity contribution in [2.45, 2.75) is 26.0 Å². The molecule has 0 spiro atoms. The van der Waals surface area contributed by atoms with Crippen molar-refractivity contribution in [2.24, 2.45) is 0 Å². The molecule has 4 rings (SSSR count). The van der Waals surface area contributed by atoms with Crippen LogP contribution < -0.4 is 9.47 Å². The number of nitrogens with one attached hydrogen (secondary N) is 1. The Labute approximate surface area is 253 Å². The fourth-order valence-corrected chi connectivity index (χ4v) is 4.96. The molecule has 3 aromatic carbocycles. The molecule has 0 bridgehead atoms. The van der Waals surface area contributed by atoms with Crippen LogP contribution in [0.3, 0.4) is 0 Å². The van der Waals surface area contributed by atoms with Crippen LogP contribution in [0.15, 0.2) is 79.0 Å². The highest BCUT2D eigenvalue weighted by Gasteiger charge is 2.22. The molecule has 0 aliphatic carbocycles. The molecule has 0 aliphatic heterocycles. The highest BCUT2D eigenvalue weighted by Crippen LogP contribution is 2.28. The van der Waals surface area contributed by atoms with Crippen molar-refractivity contribution in [1.29, 1.82) is 0 Å². The van der Waals surface area contributed by atoms with Crippen LogP contribution in [-0.2, 0) is 38.6 Å². The number of para-hydroxylation sites is 1. The minimum absolute atomic E-state index is 0.0571. The number of benzene rings is 3. The summed E-state index contributed by atoms with van der Waals surface area (Å²) in [6.07, 6.45) is 3.26. The number of H-pyrrole nitrogens is 1. The maximum atomic E-state index is 13.9. The molecule has 0 radical (unpaired) electrons. The number of hydrogen-bond acceptors (Lipinski definition) is 6. The number of carbonyl (C=O) groups excluding carboxylic acids is 2. The average molecular weight is 588 g/mol. The van der Waals surface area contributed by atoms with Gasteiger partial charge in [-0.05, 0) is 47.7 Å². The zero-order valence-corrected chi connectivity index (χ0v) is 25.2. The number of carbonyl (C=O) groups is 2. The summed E-state index contributed by atoms with van der Waals surface area (Å²) in [7, 11) is 4.80. The van der Waals surface area contributed by atoms with E-state index < -0.39 is 0 Å². The number of aromatic nitrogens is 1. The molecule has 1 heterocycles. The SMILES string of the molecule is COCCCN(CC(=O)N(CCc1c[nH]c2ccccc12)Cc1ccc(OC)c(OC)c1)C(=O)COCc1ccccc1. The molecule has 1 aromatic heterocycles. The van der Waals surface area contributed by atoms with Gasteiger partial charge < -0.3 is 33.7 Å². The van der Waals surface area contributed by atoms with E-state index in [1.165, 1.54) is 0 Å². The van der Waals surface area contributed by atoms with Gasteiger partial charge in [0.25, 0.3) is 0 Å². The van der Waals surface area contributed by atoms with Crippen LogP contribution in [0.2, 0.25) is 0 Å². The summed E-state index contributed by atoms with van der Waals surface area (Å²) in [5.41, 5.74) is 4.06. The highest BCUT2D eigenvalue weighted by molar-refractivity contribution is 5.86. The van der Waals surface area contributed by atoms with Crippen LogP contribution in [-0.4, -0.2) is 80.8 Å². The molecular weight excluding hydrogens is 546 g/mol. The first-order valence-corrected chi connectivity index (χ1v) is 14.4. The third-order valence-electron chi connectivity index (χ3n) is 7.29.